The fourth-order valence-corrected chi connectivity index (χ4v) is 3.74. The molecule has 0 spiro atoms. The number of allylic oxidation sites excluding steroid dienone is 1. The number of ether oxygens (including phenoxy) is 1. The topological polar surface area (TPSA) is 83.7 Å². The number of benzene rings is 2. The summed E-state index contributed by atoms with van der Waals surface area (Å²) in [6.45, 7) is 6.04. The van der Waals surface area contributed by atoms with Crippen LogP contribution < -0.4 is 0 Å². The smallest absolute Gasteiger partial charge is 0.340 e. The Labute approximate surface area is 180 Å². The number of nitriles is 1. The predicted molar refractivity (Wildman–Crippen MR) is 121 cm³/mol. The number of aromatic nitrogens is 3. The minimum atomic E-state index is -0.359. The average molecular weight is 410 g/mol. The van der Waals surface area contributed by atoms with Crippen LogP contribution in [-0.2, 0) is 4.74 Å². The minimum absolute atomic E-state index is 0.313. The number of imidazole rings is 1. The molecule has 154 valence electrons. The van der Waals surface area contributed by atoms with Gasteiger partial charge in [-0.3, -0.25) is 0 Å². The second-order valence-electron chi connectivity index (χ2n) is 7.17. The molecular formula is C25H22N4O2. The number of carbonyl (C=O) groups excluding carboxylic acids is 1. The van der Waals surface area contributed by atoms with Crippen molar-refractivity contribution in [3.63, 3.8) is 0 Å². The molecule has 0 atom stereocenters. The van der Waals surface area contributed by atoms with Crippen LogP contribution in [0.3, 0.4) is 0 Å². The summed E-state index contributed by atoms with van der Waals surface area (Å²) < 4.78 is 7.23. The van der Waals surface area contributed by atoms with Crippen LogP contribution in [0.1, 0.15) is 40.1 Å². The first kappa shape index (κ1) is 20.2. The van der Waals surface area contributed by atoms with E-state index in [9.17, 15) is 10.1 Å². The van der Waals surface area contributed by atoms with Gasteiger partial charge in [0.05, 0.1) is 34.5 Å². The summed E-state index contributed by atoms with van der Waals surface area (Å²) in [6.07, 6.45) is 1.82. The summed E-state index contributed by atoms with van der Waals surface area (Å²) >= 11 is 0. The highest BCUT2D eigenvalue weighted by molar-refractivity contribution is 5.94. The number of fused-ring (bicyclic) bond motifs is 1. The van der Waals surface area contributed by atoms with E-state index in [4.69, 9.17) is 4.74 Å². The van der Waals surface area contributed by atoms with E-state index in [1.54, 1.807) is 13.0 Å². The molecule has 0 aliphatic heterocycles. The lowest BCUT2D eigenvalue weighted by Gasteiger charge is -2.14. The molecule has 2 heterocycles. The number of aromatic amines is 1. The van der Waals surface area contributed by atoms with Crippen LogP contribution in [0.2, 0.25) is 0 Å². The largest absolute Gasteiger partial charge is 0.462 e. The summed E-state index contributed by atoms with van der Waals surface area (Å²) in [5.74, 6) is 0.170. The van der Waals surface area contributed by atoms with Crippen molar-refractivity contribution in [2.75, 3.05) is 6.61 Å². The number of rotatable bonds is 5. The van der Waals surface area contributed by atoms with Gasteiger partial charge in [-0.2, -0.15) is 5.26 Å². The highest BCUT2D eigenvalue weighted by Gasteiger charge is 2.18. The Morgan fingerprint density at radius 3 is 2.68 bits per heavy atom. The maximum absolute atomic E-state index is 12.5. The SMILES string of the molecule is CCOC(=O)c1ccccc1-n1c(C)cc(/C=C(/C#N)c2nc3ccccc3[nH]2)c1C. The van der Waals surface area contributed by atoms with Crippen LogP contribution in [0, 0.1) is 25.2 Å². The third kappa shape index (κ3) is 3.74. The van der Waals surface area contributed by atoms with Crippen molar-refractivity contribution >= 4 is 28.7 Å². The summed E-state index contributed by atoms with van der Waals surface area (Å²) in [7, 11) is 0. The van der Waals surface area contributed by atoms with Crippen LogP contribution in [0.25, 0.3) is 28.4 Å². The highest BCUT2D eigenvalue weighted by Crippen LogP contribution is 2.27. The molecule has 2 aromatic carbocycles. The third-order valence-electron chi connectivity index (χ3n) is 5.18. The highest BCUT2D eigenvalue weighted by atomic mass is 16.5. The van der Waals surface area contributed by atoms with Crippen LogP contribution in [0.15, 0.2) is 54.6 Å². The molecule has 0 aliphatic rings. The van der Waals surface area contributed by atoms with Crippen LogP contribution >= 0.6 is 0 Å². The first-order chi connectivity index (χ1) is 15.0. The maximum Gasteiger partial charge on any atom is 0.340 e. The van der Waals surface area contributed by atoms with E-state index in [1.165, 1.54) is 0 Å². The van der Waals surface area contributed by atoms with Gasteiger partial charge >= 0.3 is 5.97 Å². The summed E-state index contributed by atoms with van der Waals surface area (Å²) in [6, 6.07) is 19.3. The Morgan fingerprint density at radius 1 is 1.19 bits per heavy atom. The van der Waals surface area contributed by atoms with E-state index < -0.39 is 0 Å². The molecule has 31 heavy (non-hydrogen) atoms. The molecule has 0 bridgehead atoms. The molecule has 0 unspecified atom stereocenters. The van der Waals surface area contributed by atoms with Crippen LogP contribution in [0.5, 0.6) is 0 Å². The number of hydrogen-bond acceptors (Lipinski definition) is 4. The van der Waals surface area contributed by atoms with Crippen LogP contribution in [-0.4, -0.2) is 27.1 Å². The predicted octanol–water partition coefficient (Wildman–Crippen LogP) is 5.21. The molecule has 1 N–H and O–H groups in total. The van der Waals surface area contributed by atoms with Gasteiger partial charge in [-0.1, -0.05) is 24.3 Å². The Morgan fingerprint density at radius 2 is 1.94 bits per heavy atom. The summed E-state index contributed by atoms with van der Waals surface area (Å²) in [5, 5.41) is 9.78. The number of esters is 1. The molecular weight excluding hydrogens is 388 g/mol. The van der Waals surface area contributed by atoms with E-state index in [0.717, 1.165) is 33.7 Å². The fourth-order valence-electron chi connectivity index (χ4n) is 3.74. The molecule has 0 fully saturated rings. The van der Waals surface area contributed by atoms with Gasteiger partial charge in [-0.05, 0) is 62.7 Å². The van der Waals surface area contributed by atoms with E-state index >= 15 is 0 Å². The van der Waals surface area contributed by atoms with Crippen LogP contribution in [0.4, 0.5) is 0 Å². The Hall–Kier alpha value is -4.11. The average Bonchev–Trinajstić information content (AvgIpc) is 3.32. The minimum Gasteiger partial charge on any atom is -0.462 e. The van der Waals surface area contributed by atoms with E-state index in [2.05, 4.69) is 16.0 Å². The van der Waals surface area contributed by atoms with Gasteiger partial charge in [0.15, 0.2) is 0 Å². The van der Waals surface area contributed by atoms with Crippen molar-refractivity contribution in [1.29, 1.82) is 5.26 Å². The molecule has 0 radical (unpaired) electrons. The second-order valence-corrected chi connectivity index (χ2v) is 7.17. The van der Waals surface area contributed by atoms with E-state index in [-0.39, 0.29) is 5.97 Å². The van der Waals surface area contributed by atoms with Gasteiger partial charge in [-0.25, -0.2) is 9.78 Å². The lowest BCUT2D eigenvalue weighted by Crippen LogP contribution is -2.11. The number of nitrogens with one attached hydrogen (secondary N) is 1. The Kier molecular flexibility index (Phi) is 5.42. The zero-order chi connectivity index (χ0) is 22.0. The fraction of sp³-hybridized carbons (Fsp3) is 0.160. The van der Waals surface area contributed by atoms with Gasteiger partial charge in [-0.15, -0.1) is 0 Å². The number of aryl methyl sites for hydroxylation is 1. The standard InChI is InChI=1S/C25H22N4O2/c1-4-31-25(30)20-9-5-8-12-23(20)29-16(2)13-18(17(29)3)14-19(15-26)24-27-21-10-6-7-11-22(21)28-24/h5-14H,4H2,1-3H3,(H,27,28)/b19-14-. The Balaban J connectivity index is 1.80. The number of carbonyl (C=O) groups is 1. The third-order valence-corrected chi connectivity index (χ3v) is 5.18. The maximum atomic E-state index is 12.5. The zero-order valence-electron chi connectivity index (χ0n) is 17.6. The molecule has 2 aromatic heterocycles. The normalized spacial score (nSPS) is 11.5. The number of nitrogens with zero attached hydrogens (tertiary/aromatic N) is 3. The molecule has 0 saturated carbocycles. The van der Waals surface area contributed by atoms with Crippen molar-refractivity contribution in [2.24, 2.45) is 0 Å². The van der Waals surface area contributed by atoms with Gasteiger partial charge in [0.2, 0.25) is 0 Å². The van der Waals surface area contributed by atoms with Gasteiger partial charge in [0.25, 0.3) is 0 Å². The number of para-hydroxylation sites is 3. The first-order valence-corrected chi connectivity index (χ1v) is 10.1. The van der Waals surface area contributed by atoms with Crippen molar-refractivity contribution in [2.45, 2.75) is 20.8 Å². The molecule has 6 heteroatoms. The lowest BCUT2D eigenvalue weighted by molar-refractivity contribution is 0.0526. The molecule has 6 nitrogen and oxygen atoms in total. The van der Waals surface area contributed by atoms with Crippen molar-refractivity contribution in [1.82, 2.24) is 14.5 Å². The first-order valence-electron chi connectivity index (χ1n) is 10.1. The lowest BCUT2D eigenvalue weighted by atomic mass is 10.1. The Bertz CT molecular complexity index is 1320. The van der Waals surface area contributed by atoms with E-state index in [0.29, 0.717) is 23.6 Å². The van der Waals surface area contributed by atoms with Gasteiger partial charge in [0, 0.05) is 11.4 Å². The number of hydrogen-bond donors (Lipinski definition) is 1. The zero-order valence-corrected chi connectivity index (χ0v) is 17.6. The van der Waals surface area contributed by atoms with Gasteiger partial charge in [0.1, 0.15) is 11.9 Å². The van der Waals surface area contributed by atoms with Gasteiger partial charge < -0.3 is 14.3 Å². The summed E-state index contributed by atoms with van der Waals surface area (Å²) in [4.78, 5) is 20.2. The molecule has 4 aromatic rings. The number of H-pyrrole nitrogens is 1. The summed E-state index contributed by atoms with van der Waals surface area (Å²) in [5.41, 5.74) is 6.13. The van der Waals surface area contributed by atoms with Crippen molar-refractivity contribution in [3.05, 3.63) is 82.9 Å². The van der Waals surface area contributed by atoms with Crippen molar-refractivity contribution < 1.29 is 9.53 Å². The molecule has 0 saturated heterocycles. The molecule has 4 rings (SSSR count). The van der Waals surface area contributed by atoms with Crippen molar-refractivity contribution in [3.8, 4) is 11.8 Å². The molecule has 0 amide bonds. The molecule has 0 aliphatic carbocycles. The second kappa shape index (κ2) is 8.33. The van der Waals surface area contributed by atoms with E-state index in [1.807, 2.05) is 73.0 Å². The quantitative estimate of drug-likeness (QED) is 0.361. The monoisotopic (exact) mass is 410 g/mol.